The van der Waals surface area contributed by atoms with Crippen LogP contribution in [0.15, 0.2) is 22.7 Å². The molecule has 0 radical (unpaired) electrons. The van der Waals surface area contributed by atoms with Crippen molar-refractivity contribution in [1.82, 2.24) is 5.32 Å². The van der Waals surface area contributed by atoms with Gasteiger partial charge in [-0.05, 0) is 58.9 Å². The van der Waals surface area contributed by atoms with Crippen molar-refractivity contribution in [1.29, 1.82) is 0 Å². The summed E-state index contributed by atoms with van der Waals surface area (Å²) in [6.45, 7) is 9.78. The second-order valence-electron chi connectivity index (χ2n) is 5.02. The number of benzene rings is 1. The van der Waals surface area contributed by atoms with E-state index in [1.807, 2.05) is 12.1 Å². The van der Waals surface area contributed by atoms with Gasteiger partial charge in [0.1, 0.15) is 5.82 Å². The van der Waals surface area contributed by atoms with Crippen LogP contribution in [0, 0.1) is 17.7 Å². The van der Waals surface area contributed by atoms with Gasteiger partial charge in [0.25, 0.3) is 0 Å². The van der Waals surface area contributed by atoms with E-state index in [2.05, 4.69) is 48.9 Å². The smallest absolute Gasteiger partial charge is 0.137 e. The van der Waals surface area contributed by atoms with Gasteiger partial charge in [-0.2, -0.15) is 0 Å². The Morgan fingerprint density at radius 1 is 1.24 bits per heavy atom. The van der Waals surface area contributed by atoms with Crippen molar-refractivity contribution in [2.75, 3.05) is 6.54 Å². The van der Waals surface area contributed by atoms with Gasteiger partial charge in [0.2, 0.25) is 0 Å². The number of hydrogen-bond donors (Lipinski definition) is 1. The second-order valence-corrected chi connectivity index (χ2v) is 5.88. The van der Waals surface area contributed by atoms with Gasteiger partial charge in [0, 0.05) is 6.04 Å². The Morgan fingerprint density at radius 2 is 1.88 bits per heavy atom. The van der Waals surface area contributed by atoms with E-state index in [0.717, 1.165) is 12.1 Å². The maximum absolute atomic E-state index is 13.1. The van der Waals surface area contributed by atoms with Gasteiger partial charge in [-0.15, -0.1) is 0 Å². The summed E-state index contributed by atoms with van der Waals surface area (Å²) in [4.78, 5) is 0. The van der Waals surface area contributed by atoms with E-state index in [1.165, 1.54) is 6.07 Å². The Labute approximate surface area is 112 Å². The minimum Gasteiger partial charge on any atom is -0.310 e. The van der Waals surface area contributed by atoms with Gasteiger partial charge < -0.3 is 5.32 Å². The molecule has 96 valence electrons. The van der Waals surface area contributed by atoms with Gasteiger partial charge >= 0.3 is 0 Å². The molecule has 1 rings (SSSR count). The van der Waals surface area contributed by atoms with Crippen LogP contribution in [0.1, 0.15) is 39.3 Å². The highest BCUT2D eigenvalue weighted by atomic mass is 79.9. The van der Waals surface area contributed by atoms with E-state index >= 15 is 0 Å². The molecule has 0 saturated heterocycles. The van der Waals surface area contributed by atoms with Crippen LogP contribution >= 0.6 is 15.9 Å². The maximum atomic E-state index is 13.1. The monoisotopic (exact) mass is 301 g/mol. The van der Waals surface area contributed by atoms with Crippen LogP contribution in [0.5, 0.6) is 0 Å². The van der Waals surface area contributed by atoms with Gasteiger partial charge in [-0.1, -0.05) is 26.8 Å². The van der Waals surface area contributed by atoms with E-state index in [-0.39, 0.29) is 11.9 Å². The fourth-order valence-corrected chi connectivity index (χ4v) is 1.89. The summed E-state index contributed by atoms with van der Waals surface area (Å²) in [6, 6.07) is 5.42. The van der Waals surface area contributed by atoms with E-state index < -0.39 is 0 Å². The van der Waals surface area contributed by atoms with Crippen molar-refractivity contribution >= 4 is 15.9 Å². The predicted octanol–water partition coefficient (Wildman–Crippen LogP) is 4.53. The summed E-state index contributed by atoms with van der Waals surface area (Å²) >= 11 is 3.21. The molecule has 0 saturated carbocycles. The SMILES string of the molecule is CC(NCC(C)C(C)C)c1ccc(F)c(Br)c1. The van der Waals surface area contributed by atoms with Crippen LogP contribution in [0.4, 0.5) is 4.39 Å². The summed E-state index contributed by atoms with van der Waals surface area (Å²) in [7, 11) is 0. The van der Waals surface area contributed by atoms with Crippen molar-refractivity contribution in [2.45, 2.75) is 33.7 Å². The first-order chi connectivity index (χ1) is 7.91. The first-order valence-electron chi connectivity index (χ1n) is 6.10. The molecule has 2 atom stereocenters. The lowest BCUT2D eigenvalue weighted by Gasteiger charge is -2.20. The molecule has 17 heavy (non-hydrogen) atoms. The van der Waals surface area contributed by atoms with Crippen molar-refractivity contribution in [3.63, 3.8) is 0 Å². The van der Waals surface area contributed by atoms with E-state index in [1.54, 1.807) is 0 Å². The molecular weight excluding hydrogens is 281 g/mol. The summed E-state index contributed by atoms with van der Waals surface area (Å²) < 4.78 is 13.6. The van der Waals surface area contributed by atoms with E-state index in [4.69, 9.17) is 0 Å². The molecule has 1 nitrogen and oxygen atoms in total. The van der Waals surface area contributed by atoms with Gasteiger partial charge in [0.05, 0.1) is 4.47 Å². The average molecular weight is 302 g/mol. The predicted molar refractivity (Wildman–Crippen MR) is 74.5 cm³/mol. The highest BCUT2D eigenvalue weighted by Gasteiger charge is 2.11. The lowest BCUT2D eigenvalue weighted by molar-refractivity contribution is 0.375. The minimum atomic E-state index is -0.212. The van der Waals surface area contributed by atoms with Gasteiger partial charge in [-0.25, -0.2) is 4.39 Å². The van der Waals surface area contributed by atoms with Crippen molar-refractivity contribution in [3.8, 4) is 0 Å². The summed E-state index contributed by atoms with van der Waals surface area (Å²) in [5, 5.41) is 3.48. The lowest BCUT2D eigenvalue weighted by Crippen LogP contribution is -2.26. The molecule has 2 unspecified atom stereocenters. The highest BCUT2D eigenvalue weighted by Crippen LogP contribution is 2.21. The molecule has 0 spiro atoms. The third-order valence-electron chi connectivity index (χ3n) is 3.33. The molecule has 0 bridgehead atoms. The van der Waals surface area contributed by atoms with Crippen molar-refractivity contribution < 1.29 is 4.39 Å². The zero-order chi connectivity index (χ0) is 13.0. The molecule has 0 fully saturated rings. The largest absolute Gasteiger partial charge is 0.310 e. The Kier molecular flexibility index (Phi) is 5.60. The number of nitrogens with one attached hydrogen (secondary N) is 1. The minimum absolute atomic E-state index is 0.212. The number of hydrogen-bond acceptors (Lipinski definition) is 1. The van der Waals surface area contributed by atoms with Crippen molar-refractivity contribution in [2.24, 2.45) is 11.8 Å². The topological polar surface area (TPSA) is 12.0 Å². The maximum Gasteiger partial charge on any atom is 0.137 e. The van der Waals surface area contributed by atoms with Crippen LogP contribution in [-0.4, -0.2) is 6.54 Å². The summed E-state index contributed by atoms with van der Waals surface area (Å²) in [5.74, 6) is 1.10. The molecule has 1 N–H and O–H groups in total. The van der Waals surface area contributed by atoms with Crippen LogP contribution in [0.2, 0.25) is 0 Å². The zero-order valence-corrected chi connectivity index (χ0v) is 12.5. The first-order valence-corrected chi connectivity index (χ1v) is 6.89. The Balaban J connectivity index is 2.58. The normalized spacial score (nSPS) is 15.0. The molecule has 0 aromatic heterocycles. The quantitative estimate of drug-likeness (QED) is 0.842. The van der Waals surface area contributed by atoms with Crippen LogP contribution in [0.3, 0.4) is 0 Å². The van der Waals surface area contributed by atoms with Crippen LogP contribution in [0.25, 0.3) is 0 Å². The molecule has 0 aliphatic rings. The second kappa shape index (κ2) is 6.50. The van der Waals surface area contributed by atoms with E-state index in [9.17, 15) is 4.39 Å². The highest BCUT2D eigenvalue weighted by molar-refractivity contribution is 9.10. The Hall–Kier alpha value is -0.410. The third kappa shape index (κ3) is 4.40. The summed E-state index contributed by atoms with van der Waals surface area (Å²) in [5.41, 5.74) is 1.11. The standard InChI is InChI=1S/C14H21BrFN/c1-9(2)10(3)8-17-11(4)12-5-6-14(16)13(15)7-12/h5-7,9-11,17H,8H2,1-4H3. The Morgan fingerprint density at radius 3 is 2.41 bits per heavy atom. The molecule has 0 amide bonds. The molecular formula is C14H21BrFN. The summed E-state index contributed by atoms with van der Waals surface area (Å²) in [6.07, 6.45) is 0. The molecule has 0 heterocycles. The van der Waals surface area contributed by atoms with E-state index in [0.29, 0.717) is 16.3 Å². The first kappa shape index (κ1) is 14.7. The lowest BCUT2D eigenvalue weighted by atomic mass is 9.97. The molecule has 0 aliphatic heterocycles. The average Bonchev–Trinajstić information content (AvgIpc) is 2.28. The third-order valence-corrected chi connectivity index (χ3v) is 3.94. The number of halogens is 2. The van der Waals surface area contributed by atoms with Crippen LogP contribution in [-0.2, 0) is 0 Å². The van der Waals surface area contributed by atoms with Gasteiger partial charge in [-0.3, -0.25) is 0 Å². The van der Waals surface area contributed by atoms with Crippen LogP contribution < -0.4 is 5.32 Å². The molecule has 1 aromatic carbocycles. The zero-order valence-electron chi connectivity index (χ0n) is 10.9. The Bertz CT molecular complexity index is 365. The number of rotatable bonds is 5. The molecule has 1 aromatic rings. The molecule has 0 aliphatic carbocycles. The molecule has 3 heteroatoms. The fourth-order valence-electron chi connectivity index (χ4n) is 1.50. The van der Waals surface area contributed by atoms with Crippen molar-refractivity contribution in [3.05, 3.63) is 34.1 Å². The fraction of sp³-hybridized carbons (Fsp3) is 0.571. The van der Waals surface area contributed by atoms with Gasteiger partial charge in [0.15, 0.2) is 0 Å².